The van der Waals surface area contributed by atoms with Gasteiger partial charge in [0.15, 0.2) is 0 Å². The predicted molar refractivity (Wildman–Crippen MR) is 97.9 cm³/mol. The lowest BCUT2D eigenvalue weighted by molar-refractivity contribution is 0.0540. The van der Waals surface area contributed by atoms with E-state index in [0.29, 0.717) is 26.0 Å². The second kappa shape index (κ2) is 7.24. The minimum absolute atomic E-state index is 0.0218. The molecule has 1 aromatic rings. The topological polar surface area (TPSA) is 61.8 Å². The number of aliphatic hydroxyl groups is 1. The van der Waals surface area contributed by atoms with Gasteiger partial charge < -0.3 is 20.1 Å². The van der Waals surface area contributed by atoms with Gasteiger partial charge >= 0.3 is 6.03 Å². The molecule has 2 amide bonds. The number of hydrogen-bond acceptors (Lipinski definition) is 3. The number of rotatable bonds is 4. The number of aliphatic hydroxyl groups excluding tert-OH is 1. The SMILES string of the molecule is CC(C)(C)c1cccc(OCCNC(=O)N2[C@H]3CC[C@H]2CC(O)C3)c1. The molecule has 0 radical (unpaired) electrons. The number of carbonyl (C=O) groups is 1. The monoisotopic (exact) mass is 346 g/mol. The van der Waals surface area contributed by atoms with Crippen LogP contribution >= 0.6 is 0 Å². The molecule has 0 aliphatic carbocycles. The minimum Gasteiger partial charge on any atom is -0.492 e. The molecule has 5 heteroatoms. The number of nitrogens with one attached hydrogen (secondary N) is 1. The lowest BCUT2D eigenvalue weighted by atomic mass is 9.87. The fraction of sp³-hybridized carbons (Fsp3) is 0.650. The Bertz CT molecular complexity index is 597. The molecule has 2 atom stereocenters. The number of urea groups is 1. The van der Waals surface area contributed by atoms with Gasteiger partial charge in [-0.1, -0.05) is 32.9 Å². The lowest BCUT2D eigenvalue weighted by Crippen LogP contribution is -2.52. The highest BCUT2D eigenvalue weighted by molar-refractivity contribution is 5.75. The van der Waals surface area contributed by atoms with Crippen molar-refractivity contribution in [1.82, 2.24) is 10.2 Å². The molecule has 3 rings (SSSR count). The van der Waals surface area contributed by atoms with E-state index in [0.717, 1.165) is 18.6 Å². The predicted octanol–water partition coefficient (Wildman–Crippen LogP) is 3.06. The largest absolute Gasteiger partial charge is 0.492 e. The Morgan fingerprint density at radius 1 is 1.28 bits per heavy atom. The summed E-state index contributed by atoms with van der Waals surface area (Å²) in [6.07, 6.45) is 3.18. The van der Waals surface area contributed by atoms with Crippen molar-refractivity contribution >= 4 is 6.03 Å². The van der Waals surface area contributed by atoms with Crippen molar-refractivity contribution < 1.29 is 14.6 Å². The normalized spacial score (nSPS) is 25.8. The Morgan fingerprint density at radius 3 is 2.60 bits per heavy atom. The standard InChI is InChI=1S/C20H30N2O3/c1-20(2,3)14-5-4-6-18(11-14)25-10-9-21-19(24)22-15-7-8-16(22)13-17(23)12-15/h4-6,11,15-17,23H,7-10,12-13H2,1-3H3,(H,21,24)/t15-,16-/m0/s1. The molecule has 2 aliphatic rings. The highest BCUT2D eigenvalue weighted by Crippen LogP contribution is 2.35. The van der Waals surface area contributed by atoms with E-state index < -0.39 is 0 Å². The molecule has 2 fully saturated rings. The Hall–Kier alpha value is -1.75. The number of nitrogens with zero attached hydrogens (tertiary/aromatic N) is 1. The molecular weight excluding hydrogens is 316 g/mol. The summed E-state index contributed by atoms with van der Waals surface area (Å²) in [5, 5.41) is 12.8. The maximum atomic E-state index is 12.4. The van der Waals surface area contributed by atoms with E-state index in [4.69, 9.17) is 4.74 Å². The summed E-state index contributed by atoms with van der Waals surface area (Å²) in [6.45, 7) is 7.46. The van der Waals surface area contributed by atoms with E-state index in [1.807, 2.05) is 17.0 Å². The second-order valence-electron chi connectivity index (χ2n) is 8.28. The molecule has 2 N–H and O–H groups in total. The van der Waals surface area contributed by atoms with Gasteiger partial charge in [-0.2, -0.15) is 0 Å². The zero-order chi connectivity index (χ0) is 18.0. The van der Waals surface area contributed by atoms with Gasteiger partial charge in [-0.3, -0.25) is 0 Å². The van der Waals surface area contributed by atoms with Crippen LogP contribution < -0.4 is 10.1 Å². The fourth-order valence-electron chi connectivity index (χ4n) is 3.95. The van der Waals surface area contributed by atoms with E-state index in [1.54, 1.807) is 0 Å². The van der Waals surface area contributed by atoms with Crippen molar-refractivity contribution in [2.24, 2.45) is 0 Å². The molecule has 5 nitrogen and oxygen atoms in total. The second-order valence-corrected chi connectivity index (χ2v) is 8.28. The summed E-state index contributed by atoms with van der Waals surface area (Å²) < 4.78 is 5.79. The number of hydrogen-bond donors (Lipinski definition) is 2. The van der Waals surface area contributed by atoms with Gasteiger partial charge in [0.2, 0.25) is 0 Å². The van der Waals surface area contributed by atoms with Crippen LogP contribution in [0.1, 0.15) is 52.0 Å². The summed E-state index contributed by atoms with van der Waals surface area (Å²) in [6, 6.07) is 8.49. The Labute approximate surface area is 150 Å². The number of benzene rings is 1. The van der Waals surface area contributed by atoms with Gasteiger partial charge in [0.1, 0.15) is 12.4 Å². The van der Waals surface area contributed by atoms with E-state index >= 15 is 0 Å². The van der Waals surface area contributed by atoms with Crippen LogP contribution in [-0.2, 0) is 5.41 Å². The Morgan fingerprint density at radius 2 is 1.96 bits per heavy atom. The molecule has 25 heavy (non-hydrogen) atoms. The van der Waals surface area contributed by atoms with Crippen molar-refractivity contribution in [2.75, 3.05) is 13.2 Å². The molecule has 2 heterocycles. The van der Waals surface area contributed by atoms with Crippen molar-refractivity contribution in [2.45, 2.75) is 70.1 Å². The maximum absolute atomic E-state index is 12.4. The Balaban J connectivity index is 1.45. The van der Waals surface area contributed by atoms with Crippen molar-refractivity contribution in [1.29, 1.82) is 0 Å². The summed E-state index contributed by atoms with van der Waals surface area (Å²) in [7, 11) is 0. The molecule has 0 spiro atoms. The third-order valence-corrected chi connectivity index (χ3v) is 5.29. The highest BCUT2D eigenvalue weighted by atomic mass is 16.5. The number of carbonyl (C=O) groups excluding carboxylic acids is 1. The molecule has 1 aromatic carbocycles. The zero-order valence-corrected chi connectivity index (χ0v) is 15.5. The quantitative estimate of drug-likeness (QED) is 0.824. The lowest BCUT2D eigenvalue weighted by Gasteiger charge is -2.37. The van der Waals surface area contributed by atoms with Crippen LogP contribution in [0.3, 0.4) is 0 Å². The first kappa shape index (κ1) is 18.1. The molecule has 138 valence electrons. The third-order valence-electron chi connectivity index (χ3n) is 5.29. The summed E-state index contributed by atoms with van der Waals surface area (Å²) in [4.78, 5) is 14.4. The zero-order valence-electron chi connectivity index (χ0n) is 15.5. The van der Waals surface area contributed by atoms with Crippen LogP contribution in [0.25, 0.3) is 0 Å². The third kappa shape index (κ3) is 4.27. The summed E-state index contributed by atoms with van der Waals surface area (Å²) >= 11 is 0. The van der Waals surface area contributed by atoms with E-state index in [2.05, 4.69) is 38.2 Å². The fourth-order valence-corrected chi connectivity index (χ4v) is 3.95. The Kier molecular flexibility index (Phi) is 5.23. The van der Waals surface area contributed by atoms with E-state index in [9.17, 15) is 9.90 Å². The molecule has 2 aliphatic heterocycles. The minimum atomic E-state index is -0.250. The van der Waals surface area contributed by atoms with Crippen LogP contribution in [0.2, 0.25) is 0 Å². The van der Waals surface area contributed by atoms with Gasteiger partial charge in [-0.05, 0) is 48.8 Å². The van der Waals surface area contributed by atoms with Gasteiger partial charge in [0.25, 0.3) is 0 Å². The molecule has 0 unspecified atom stereocenters. The number of ether oxygens (including phenoxy) is 1. The van der Waals surface area contributed by atoms with Crippen LogP contribution in [0.5, 0.6) is 5.75 Å². The highest BCUT2D eigenvalue weighted by Gasteiger charge is 2.42. The van der Waals surface area contributed by atoms with Gasteiger partial charge in [0.05, 0.1) is 12.6 Å². The van der Waals surface area contributed by atoms with Crippen molar-refractivity contribution in [3.05, 3.63) is 29.8 Å². The summed E-state index contributed by atoms with van der Waals surface area (Å²) in [5.74, 6) is 0.836. The average molecular weight is 346 g/mol. The molecule has 0 aromatic heterocycles. The molecule has 0 saturated carbocycles. The van der Waals surface area contributed by atoms with Gasteiger partial charge in [0, 0.05) is 12.1 Å². The molecule has 2 saturated heterocycles. The average Bonchev–Trinajstić information content (AvgIpc) is 2.83. The van der Waals surface area contributed by atoms with Crippen molar-refractivity contribution in [3.63, 3.8) is 0 Å². The number of piperidine rings is 1. The van der Waals surface area contributed by atoms with Gasteiger partial charge in [-0.25, -0.2) is 4.79 Å². The first-order chi connectivity index (χ1) is 11.8. The number of fused-ring (bicyclic) bond motifs is 2. The van der Waals surface area contributed by atoms with Crippen LogP contribution in [-0.4, -0.2) is 47.4 Å². The summed E-state index contributed by atoms with van der Waals surface area (Å²) in [5.41, 5.74) is 1.32. The van der Waals surface area contributed by atoms with Crippen molar-refractivity contribution in [3.8, 4) is 5.75 Å². The van der Waals surface area contributed by atoms with Crippen LogP contribution in [0.4, 0.5) is 4.79 Å². The first-order valence-corrected chi connectivity index (χ1v) is 9.32. The molecular formula is C20H30N2O3. The van der Waals surface area contributed by atoms with Crippen LogP contribution in [0.15, 0.2) is 24.3 Å². The van der Waals surface area contributed by atoms with E-state index in [-0.39, 0.29) is 29.6 Å². The number of amides is 2. The molecule has 2 bridgehead atoms. The maximum Gasteiger partial charge on any atom is 0.318 e. The van der Waals surface area contributed by atoms with Crippen LogP contribution in [0, 0.1) is 0 Å². The smallest absolute Gasteiger partial charge is 0.318 e. The van der Waals surface area contributed by atoms with Gasteiger partial charge in [-0.15, -0.1) is 0 Å². The van der Waals surface area contributed by atoms with E-state index in [1.165, 1.54) is 5.56 Å². The first-order valence-electron chi connectivity index (χ1n) is 9.32.